The molecule has 1 aromatic carbocycles. The summed E-state index contributed by atoms with van der Waals surface area (Å²) in [4.78, 5) is 20.2. The van der Waals surface area contributed by atoms with Crippen LogP contribution in [0.1, 0.15) is 42.6 Å². The Morgan fingerprint density at radius 2 is 1.80 bits per heavy atom. The third kappa shape index (κ3) is 4.07. The minimum Gasteiger partial charge on any atom is -0.348 e. The molecule has 3 rings (SSSR count). The highest BCUT2D eigenvalue weighted by molar-refractivity contribution is 5.92. The fourth-order valence-corrected chi connectivity index (χ4v) is 2.79. The third-order valence-electron chi connectivity index (χ3n) is 4.11. The summed E-state index contributed by atoms with van der Waals surface area (Å²) in [7, 11) is 0. The summed E-state index contributed by atoms with van der Waals surface area (Å²) >= 11 is 0. The van der Waals surface area contributed by atoms with Crippen LogP contribution in [0, 0.1) is 17.5 Å². The van der Waals surface area contributed by atoms with Gasteiger partial charge in [-0.3, -0.25) is 4.79 Å². The molecule has 1 heterocycles. The van der Waals surface area contributed by atoms with E-state index in [2.05, 4.69) is 20.6 Å². The first-order valence-corrected chi connectivity index (χ1v) is 8.09. The summed E-state index contributed by atoms with van der Waals surface area (Å²) in [6.07, 6.45) is 6.54. The van der Waals surface area contributed by atoms with Gasteiger partial charge in [-0.05, 0) is 31.0 Å². The second-order valence-electron chi connectivity index (χ2n) is 5.92. The van der Waals surface area contributed by atoms with Crippen LogP contribution in [0.2, 0.25) is 0 Å². The monoisotopic (exact) mass is 350 g/mol. The van der Waals surface area contributed by atoms with Crippen LogP contribution < -0.4 is 10.6 Å². The van der Waals surface area contributed by atoms with Gasteiger partial charge in [0.1, 0.15) is 5.69 Å². The Morgan fingerprint density at radius 3 is 2.56 bits per heavy atom. The lowest BCUT2D eigenvalue weighted by Gasteiger charge is -2.22. The average molecular weight is 350 g/mol. The van der Waals surface area contributed by atoms with Crippen molar-refractivity contribution in [2.24, 2.45) is 0 Å². The molecule has 5 nitrogen and oxygen atoms in total. The van der Waals surface area contributed by atoms with E-state index in [-0.39, 0.29) is 29.3 Å². The summed E-state index contributed by atoms with van der Waals surface area (Å²) in [6.45, 7) is 0. The van der Waals surface area contributed by atoms with Crippen LogP contribution in [0.25, 0.3) is 0 Å². The lowest BCUT2D eigenvalue weighted by molar-refractivity contribution is 0.0922. The largest absolute Gasteiger partial charge is 0.348 e. The molecular weight excluding hydrogens is 333 g/mol. The van der Waals surface area contributed by atoms with Crippen LogP contribution in [-0.2, 0) is 0 Å². The predicted molar refractivity (Wildman–Crippen MR) is 86.0 cm³/mol. The molecule has 0 aliphatic heterocycles. The van der Waals surface area contributed by atoms with Gasteiger partial charge in [0.2, 0.25) is 5.95 Å². The molecule has 0 radical (unpaired) electrons. The predicted octanol–water partition coefficient (Wildman–Crippen LogP) is 3.70. The Kier molecular flexibility index (Phi) is 5.16. The Bertz CT molecular complexity index is 778. The average Bonchev–Trinajstić information content (AvgIpc) is 2.63. The van der Waals surface area contributed by atoms with E-state index in [1.807, 2.05) is 0 Å². The molecule has 1 aliphatic rings. The molecule has 8 heteroatoms. The van der Waals surface area contributed by atoms with Gasteiger partial charge in [-0.15, -0.1) is 0 Å². The molecule has 2 aromatic rings. The molecule has 132 valence electrons. The van der Waals surface area contributed by atoms with Crippen molar-refractivity contribution in [2.45, 2.75) is 38.1 Å². The van der Waals surface area contributed by atoms with Gasteiger partial charge >= 0.3 is 0 Å². The molecule has 1 fully saturated rings. The molecule has 1 saturated carbocycles. The van der Waals surface area contributed by atoms with Crippen LogP contribution >= 0.6 is 0 Å². The zero-order valence-electron chi connectivity index (χ0n) is 13.4. The molecule has 0 spiro atoms. The second-order valence-corrected chi connectivity index (χ2v) is 5.92. The summed E-state index contributed by atoms with van der Waals surface area (Å²) < 4.78 is 39.9. The van der Waals surface area contributed by atoms with Gasteiger partial charge in [-0.2, -0.15) is 0 Å². The number of benzene rings is 1. The van der Waals surface area contributed by atoms with Gasteiger partial charge in [0.15, 0.2) is 17.5 Å². The van der Waals surface area contributed by atoms with E-state index < -0.39 is 17.5 Å². The van der Waals surface area contributed by atoms with E-state index in [1.54, 1.807) is 0 Å². The molecular formula is C17H17F3N4O. The summed E-state index contributed by atoms with van der Waals surface area (Å²) in [5, 5.41) is 5.37. The van der Waals surface area contributed by atoms with E-state index in [1.165, 1.54) is 18.7 Å². The number of hydrogen-bond acceptors (Lipinski definition) is 4. The lowest BCUT2D eigenvalue weighted by atomic mass is 9.95. The minimum atomic E-state index is -1.59. The number of amides is 1. The normalized spacial score (nSPS) is 15.0. The topological polar surface area (TPSA) is 66.9 Å². The van der Waals surface area contributed by atoms with Gasteiger partial charge in [0.25, 0.3) is 5.91 Å². The number of anilines is 2. The number of nitrogens with zero attached hydrogens (tertiary/aromatic N) is 2. The standard InChI is InChI=1S/C17H17F3N4O/c18-11-6-7-12(15(20)14(11)19)23-17-21-9-8-13(24-17)16(25)22-10-4-2-1-3-5-10/h6-10H,1-5H2,(H,22,25)(H,21,23,24). The van der Waals surface area contributed by atoms with Crippen LogP contribution in [0.4, 0.5) is 24.8 Å². The lowest BCUT2D eigenvalue weighted by Crippen LogP contribution is -2.36. The number of rotatable bonds is 4. The molecule has 0 bridgehead atoms. The fourth-order valence-electron chi connectivity index (χ4n) is 2.79. The zero-order chi connectivity index (χ0) is 17.8. The first-order chi connectivity index (χ1) is 12.0. The highest BCUT2D eigenvalue weighted by atomic mass is 19.2. The Hall–Kier alpha value is -2.64. The van der Waals surface area contributed by atoms with Crippen molar-refractivity contribution < 1.29 is 18.0 Å². The highest BCUT2D eigenvalue weighted by Crippen LogP contribution is 2.22. The minimum absolute atomic E-state index is 0.0822. The number of carbonyl (C=O) groups excluding carboxylic acids is 1. The molecule has 2 N–H and O–H groups in total. The number of halogens is 3. The molecule has 1 aliphatic carbocycles. The van der Waals surface area contributed by atoms with E-state index in [4.69, 9.17) is 0 Å². The maximum atomic E-state index is 13.7. The molecule has 1 amide bonds. The van der Waals surface area contributed by atoms with Gasteiger partial charge in [-0.1, -0.05) is 19.3 Å². The van der Waals surface area contributed by atoms with Crippen molar-refractivity contribution >= 4 is 17.5 Å². The van der Waals surface area contributed by atoms with E-state index in [9.17, 15) is 18.0 Å². The van der Waals surface area contributed by atoms with Crippen LogP contribution in [0.15, 0.2) is 24.4 Å². The number of aromatic nitrogens is 2. The number of carbonyl (C=O) groups is 1. The number of hydrogen-bond donors (Lipinski definition) is 2. The molecule has 0 atom stereocenters. The molecule has 1 aromatic heterocycles. The zero-order valence-corrected chi connectivity index (χ0v) is 13.4. The fraction of sp³-hybridized carbons (Fsp3) is 0.353. The first-order valence-electron chi connectivity index (χ1n) is 8.09. The maximum absolute atomic E-state index is 13.7. The van der Waals surface area contributed by atoms with Crippen molar-refractivity contribution in [1.82, 2.24) is 15.3 Å². The van der Waals surface area contributed by atoms with E-state index in [0.717, 1.165) is 37.8 Å². The third-order valence-corrected chi connectivity index (χ3v) is 4.11. The van der Waals surface area contributed by atoms with Gasteiger partial charge in [0.05, 0.1) is 5.69 Å². The van der Waals surface area contributed by atoms with Crippen molar-refractivity contribution in [2.75, 3.05) is 5.32 Å². The quantitative estimate of drug-likeness (QED) is 0.825. The number of nitrogens with one attached hydrogen (secondary N) is 2. The van der Waals surface area contributed by atoms with Crippen LogP contribution in [-0.4, -0.2) is 21.9 Å². The second kappa shape index (κ2) is 7.50. The van der Waals surface area contributed by atoms with E-state index >= 15 is 0 Å². The Balaban J connectivity index is 1.73. The van der Waals surface area contributed by atoms with Crippen molar-refractivity contribution in [3.8, 4) is 0 Å². The van der Waals surface area contributed by atoms with Crippen molar-refractivity contribution in [3.05, 3.63) is 47.5 Å². The van der Waals surface area contributed by atoms with Crippen LogP contribution in [0.3, 0.4) is 0 Å². The van der Waals surface area contributed by atoms with Crippen LogP contribution in [0.5, 0.6) is 0 Å². The van der Waals surface area contributed by atoms with Gasteiger partial charge < -0.3 is 10.6 Å². The van der Waals surface area contributed by atoms with Gasteiger partial charge in [-0.25, -0.2) is 23.1 Å². The smallest absolute Gasteiger partial charge is 0.270 e. The first kappa shape index (κ1) is 17.2. The maximum Gasteiger partial charge on any atom is 0.270 e. The van der Waals surface area contributed by atoms with Crippen molar-refractivity contribution in [1.29, 1.82) is 0 Å². The van der Waals surface area contributed by atoms with Crippen molar-refractivity contribution in [3.63, 3.8) is 0 Å². The summed E-state index contributed by atoms with van der Waals surface area (Å²) in [5.74, 6) is -4.68. The molecule has 0 unspecified atom stereocenters. The van der Waals surface area contributed by atoms with Gasteiger partial charge in [0, 0.05) is 12.2 Å². The summed E-state index contributed by atoms with van der Waals surface area (Å²) in [5.41, 5.74) is -0.199. The Morgan fingerprint density at radius 1 is 1.04 bits per heavy atom. The molecule has 0 saturated heterocycles. The summed E-state index contributed by atoms with van der Waals surface area (Å²) in [6, 6.07) is 3.38. The SMILES string of the molecule is O=C(NC1CCCCC1)c1ccnc(Nc2ccc(F)c(F)c2F)n1. The Labute approximate surface area is 142 Å². The molecule has 25 heavy (non-hydrogen) atoms. The highest BCUT2D eigenvalue weighted by Gasteiger charge is 2.18. The van der Waals surface area contributed by atoms with E-state index in [0.29, 0.717) is 0 Å².